The topological polar surface area (TPSA) is 29.1 Å². The Morgan fingerprint density at radius 3 is 2.00 bits per heavy atom. The molecule has 0 fully saturated rings. The minimum atomic E-state index is -0.103. The van der Waals surface area contributed by atoms with Crippen LogP contribution in [0.25, 0.3) is 0 Å². The molecule has 0 aromatic heterocycles. The zero-order valence-electron chi connectivity index (χ0n) is 6.01. The molecule has 0 aliphatic rings. The van der Waals surface area contributed by atoms with Crippen molar-refractivity contribution in [1.82, 2.24) is 5.32 Å². The second-order valence-corrected chi connectivity index (χ2v) is 2.79. The van der Waals surface area contributed by atoms with Gasteiger partial charge in [0.1, 0.15) is 0 Å². The van der Waals surface area contributed by atoms with Gasteiger partial charge in [0.05, 0.1) is 6.04 Å². The van der Waals surface area contributed by atoms with Gasteiger partial charge in [-0.3, -0.25) is 4.79 Å². The maximum atomic E-state index is 10.6. The van der Waals surface area contributed by atoms with Crippen LogP contribution in [-0.4, -0.2) is 18.2 Å². The standard InChI is InChI=1S/C6H13NOS/c1-4(2)5(7-3)6(8)9/h4-5,7H,1-3H3,(H,8,9). The number of likely N-dealkylation sites (N-methyl/N-ethyl adjacent to an activating group) is 1. The van der Waals surface area contributed by atoms with Gasteiger partial charge in [0.25, 0.3) is 0 Å². The molecular weight excluding hydrogens is 134 g/mol. The Morgan fingerprint density at radius 2 is 2.00 bits per heavy atom. The van der Waals surface area contributed by atoms with Crippen molar-refractivity contribution in [2.45, 2.75) is 19.9 Å². The molecule has 54 valence electrons. The summed E-state index contributed by atoms with van der Waals surface area (Å²) in [5.41, 5.74) is 0. The number of rotatable bonds is 3. The number of nitrogens with one attached hydrogen (secondary N) is 1. The van der Waals surface area contributed by atoms with Crippen molar-refractivity contribution in [3.8, 4) is 0 Å². The lowest BCUT2D eigenvalue weighted by atomic mass is 10.1. The monoisotopic (exact) mass is 147 g/mol. The lowest BCUT2D eigenvalue weighted by molar-refractivity contribution is -0.113. The molecule has 1 N–H and O–H groups in total. The Kier molecular flexibility index (Phi) is 3.89. The maximum absolute atomic E-state index is 10.6. The number of carbonyl (C=O) groups excluding carboxylic acids is 1. The van der Waals surface area contributed by atoms with Crippen LogP contribution in [0.2, 0.25) is 0 Å². The summed E-state index contributed by atoms with van der Waals surface area (Å²) in [6.45, 7) is 3.96. The minimum Gasteiger partial charge on any atom is -0.310 e. The Morgan fingerprint density at radius 1 is 1.56 bits per heavy atom. The molecule has 0 spiro atoms. The van der Waals surface area contributed by atoms with Gasteiger partial charge in [-0.25, -0.2) is 0 Å². The van der Waals surface area contributed by atoms with E-state index in [2.05, 4.69) is 17.9 Å². The van der Waals surface area contributed by atoms with E-state index in [1.165, 1.54) is 0 Å². The second-order valence-electron chi connectivity index (χ2n) is 2.35. The fraction of sp³-hybridized carbons (Fsp3) is 0.833. The Bertz CT molecular complexity index is 103. The average molecular weight is 147 g/mol. The fourth-order valence-corrected chi connectivity index (χ4v) is 1.17. The van der Waals surface area contributed by atoms with E-state index in [0.29, 0.717) is 5.92 Å². The van der Waals surface area contributed by atoms with Crippen LogP contribution >= 0.6 is 12.6 Å². The van der Waals surface area contributed by atoms with Crippen molar-refractivity contribution in [1.29, 1.82) is 0 Å². The van der Waals surface area contributed by atoms with Crippen molar-refractivity contribution in [3.63, 3.8) is 0 Å². The van der Waals surface area contributed by atoms with E-state index < -0.39 is 0 Å². The molecule has 0 saturated carbocycles. The maximum Gasteiger partial charge on any atom is 0.203 e. The molecule has 0 aliphatic carbocycles. The van der Waals surface area contributed by atoms with E-state index >= 15 is 0 Å². The summed E-state index contributed by atoms with van der Waals surface area (Å²) < 4.78 is 0. The molecule has 0 aliphatic heterocycles. The first-order valence-electron chi connectivity index (χ1n) is 2.99. The summed E-state index contributed by atoms with van der Waals surface area (Å²) in [7, 11) is 1.76. The largest absolute Gasteiger partial charge is 0.310 e. The van der Waals surface area contributed by atoms with Crippen LogP contribution in [0.5, 0.6) is 0 Å². The van der Waals surface area contributed by atoms with E-state index in [-0.39, 0.29) is 11.2 Å². The number of carbonyl (C=O) groups is 1. The zero-order valence-corrected chi connectivity index (χ0v) is 6.90. The Hall–Kier alpha value is -0.0200. The third kappa shape index (κ3) is 2.87. The van der Waals surface area contributed by atoms with Crippen molar-refractivity contribution in [2.75, 3.05) is 7.05 Å². The van der Waals surface area contributed by atoms with Crippen LogP contribution in [0.4, 0.5) is 0 Å². The molecule has 0 aromatic rings. The predicted octanol–water partition coefficient (Wildman–Crippen LogP) is 0.687. The van der Waals surface area contributed by atoms with Crippen LogP contribution in [-0.2, 0) is 4.79 Å². The molecule has 0 aromatic carbocycles. The molecule has 1 unspecified atom stereocenters. The predicted molar refractivity (Wildman–Crippen MR) is 41.7 cm³/mol. The van der Waals surface area contributed by atoms with E-state index in [0.717, 1.165) is 0 Å². The highest BCUT2D eigenvalue weighted by atomic mass is 32.1. The summed E-state index contributed by atoms with van der Waals surface area (Å²) in [5, 5.41) is 2.78. The molecule has 9 heavy (non-hydrogen) atoms. The molecule has 0 radical (unpaired) electrons. The van der Waals surface area contributed by atoms with Gasteiger partial charge in [-0.05, 0) is 13.0 Å². The van der Waals surface area contributed by atoms with Crippen molar-refractivity contribution >= 4 is 17.7 Å². The second kappa shape index (κ2) is 3.90. The van der Waals surface area contributed by atoms with Gasteiger partial charge in [0.15, 0.2) is 0 Å². The lowest BCUT2D eigenvalue weighted by Crippen LogP contribution is -2.35. The van der Waals surface area contributed by atoms with E-state index in [1.54, 1.807) is 7.05 Å². The highest BCUT2D eigenvalue weighted by Gasteiger charge is 2.15. The molecule has 3 heteroatoms. The summed E-state index contributed by atoms with van der Waals surface area (Å²) in [5.74, 6) is 0.319. The average Bonchev–Trinajstić information content (AvgIpc) is 1.64. The van der Waals surface area contributed by atoms with Gasteiger partial charge < -0.3 is 5.32 Å². The highest BCUT2D eigenvalue weighted by Crippen LogP contribution is 2.03. The smallest absolute Gasteiger partial charge is 0.203 e. The minimum absolute atomic E-state index is 0.0903. The molecule has 0 saturated heterocycles. The van der Waals surface area contributed by atoms with Crippen LogP contribution in [0.3, 0.4) is 0 Å². The van der Waals surface area contributed by atoms with Gasteiger partial charge in [0, 0.05) is 0 Å². The van der Waals surface area contributed by atoms with Crippen LogP contribution in [0.15, 0.2) is 0 Å². The summed E-state index contributed by atoms with van der Waals surface area (Å²) >= 11 is 3.71. The molecule has 0 heterocycles. The first-order chi connectivity index (χ1) is 4.09. The summed E-state index contributed by atoms with van der Waals surface area (Å²) in [6.07, 6.45) is 0. The molecule has 0 rings (SSSR count). The van der Waals surface area contributed by atoms with Crippen molar-refractivity contribution < 1.29 is 4.79 Å². The normalized spacial score (nSPS) is 13.9. The molecule has 0 bridgehead atoms. The Balaban J connectivity index is 3.83. The Labute approximate surface area is 61.4 Å². The van der Waals surface area contributed by atoms with Crippen molar-refractivity contribution in [3.05, 3.63) is 0 Å². The van der Waals surface area contributed by atoms with Crippen LogP contribution in [0.1, 0.15) is 13.8 Å². The van der Waals surface area contributed by atoms with Gasteiger partial charge in [0.2, 0.25) is 5.12 Å². The van der Waals surface area contributed by atoms with Gasteiger partial charge in [-0.15, -0.1) is 12.6 Å². The summed E-state index contributed by atoms with van der Waals surface area (Å²) in [6, 6.07) is -0.103. The third-order valence-corrected chi connectivity index (χ3v) is 1.52. The van der Waals surface area contributed by atoms with Crippen LogP contribution in [0, 0.1) is 5.92 Å². The van der Waals surface area contributed by atoms with Gasteiger partial charge >= 0.3 is 0 Å². The first-order valence-corrected chi connectivity index (χ1v) is 3.44. The zero-order chi connectivity index (χ0) is 7.44. The number of hydrogen-bond donors (Lipinski definition) is 2. The first kappa shape index (κ1) is 8.98. The van der Waals surface area contributed by atoms with Gasteiger partial charge in [-0.1, -0.05) is 13.8 Å². The van der Waals surface area contributed by atoms with E-state index in [9.17, 15) is 4.79 Å². The molecule has 2 nitrogen and oxygen atoms in total. The molecule has 0 amide bonds. The lowest BCUT2D eigenvalue weighted by Gasteiger charge is -2.14. The van der Waals surface area contributed by atoms with Crippen LogP contribution < -0.4 is 5.32 Å². The fourth-order valence-electron chi connectivity index (χ4n) is 0.742. The molecule has 1 atom stereocenters. The van der Waals surface area contributed by atoms with Gasteiger partial charge in [-0.2, -0.15) is 0 Å². The quantitative estimate of drug-likeness (QED) is 0.575. The van der Waals surface area contributed by atoms with Crippen molar-refractivity contribution in [2.24, 2.45) is 5.92 Å². The highest BCUT2D eigenvalue weighted by molar-refractivity contribution is 7.96. The molecular formula is C6H13NOS. The summed E-state index contributed by atoms with van der Waals surface area (Å²) in [4.78, 5) is 10.6. The SMILES string of the molecule is CNC(C(=O)S)C(C)C. The third-order valence-electron chi connectivity index (χ3n) is 1.24. The van der Waals surface area contributed by atoms with E-state index in [1.807, 2.05) is 13.8 Å². The van der Waals surface area contributed by atoms with E-state index in [4.69, 9.17) is 0 Å². The number of hydrogen-bond acceptors (Lipinski definition) is 2. The number of thiol groups is 1.